The molecule has 15 heavy (non-hydrogen) atoms. The lowest BCUT2D eigenvalue weighted by Gasteiger charge is -2.19. The first-order valence-electron chi connectivity index (χ1n) is 5.83. The second kappa shape index (κ2) is 5.66. The summed E-state index contributed by atoms with van der Waals surface area (Å²) >= 11 is 1.90. The molecular weight excluding hydrogens is 202 g/mol. The van der Waals surface area contributed by atoms with Gasteiger partial charge in [0.15, 0.2) is 0 Å². The first-order chi connectivity index (χ1) is 7.04. The van der Waals surface area contributed by atoms with Gasteiger partial charge in [-0.05, 0) is 38.3 Å². The van der Waals surface area contributed by atoms with Crippen LogP contribution < -0.4 is 5.32 Å². The monoisotopic (exact) mass is 225 g/mol. The Morgan fingerprint density at radius 1 is 1.33 bits per heavy atom. The standard InChI is InChI=1S/C13H23NS/c1-6-9(2)11(4)14-8-13-7-10(3)15-12(13)5/h7,9,11,14H,6,8H2,1-5H3. The van der Waals surface area contributed by atoms with Crippen LogP contribution >= 0.6 is 11.3 Å². The highest BCUT2D eigenvalue weighted by atomic mass is 32.1. The molecule has 2 atom stereocenters. The van der Waals surface area contributed by atoms with Crippen molar-refractivity contribution in [1.82, 2.24) is 5.32 Å². The highest BCUT2D eigenvalue weighted by Crippen LogP contribution is 2.20. The lowest BCUT2D eigenvalue weighted by molar-refractivity contribution is 0.389. The van der Waals surface area contributed by atoms with Gasteiger partial charge in [-0.1, -0.05) is 20.3 Å². The first-order valence-corrected chi connectivity index (χ1v) is 6.65. The molecule has 2 heteroatoms. The zero-order chi connectivity index (χ0) is 11.4. The average molecular weight is 225 g/mol. The molecule has 0 spiro atoms. The summed E-state index contributed by atoms with van der Waals surface area (Å²) in [7, 11) is 0. The van der Waals surface area contributed by atoms with Crippen molar-refractivity contribution in [2.45, 2.75) is 53.6 Å². The topological polar surface area (TPSA) is 12.0 Å². The number of hydrogen-bond acceptors (Lipinski definition) is 2. The second-order valence-electron chi connectivity index (χ2n) is 4.49. The van der Waals surface area contributed by atoms with Crippen LogP contribution in [-0.2, 0) is 6.54 Å². The van der Waals surface area contributed by atoms with Gasteiger partial charge >= 0.3 is 0 Å². The van der Waals surface area contributed by atoms with Crippen LogP contribution in [0.25, 0.3) is 0 Å². The smallest absolute Gasteiger partial charge is 0.0219 e. The van der Waals surface area contributed by atoms with Crippen LogP contribution in [0.3, 0.4) is 0 Å². The molecule has 0 amide bonds. The predicted molar refractivity (Wildman–Crippen MR) is 69.5 cm³/mol. The summed E-state index contributed by atoms with van der Waals surface area (Å²) in [4.78, 5) is 2.87. The van der Waals surface area contributed by atoms with Crippen LogP contribution in [0, 0.1) is 19.8 Å². The maximum Gasteiger partial charge on any atom is 0.0219 e. The van der Waals surface area contributed by atoms with Gasteiger partial charge in [0.05, 0.1) is 0 Å². The summed E-state index contributed by atoms with van der Waals surface area (Å²) in [5, 5.41) is 3.61. The third-order valence-electron chi connectivity index (χ3n) is 3.26. The van der Waals surface area contributed by atoms with Crippen molar-refractivity contribution in [3.8, 4) is 0 Å². The molecule has 2 unspecified atom stereocenters. The SMILES string of the molecule is CCC(C)C(C)NCc1cc(C)sc1C. The molecule has 1 N–H and O–H groups in total. The zero-order valence-corrected chi connectivity index (χ0v) is 11.4. The highest BCUT2D eigenvalue weighted by Gasteiger charge is 2.10. The van der Waals surface area contributed by atoms with E-state index >= 15 is 0 Å². The fraction of sp³-hybridized carbons (Fsp3) is 0.692. The third-order valence-corrected chi connectivity index (χ3v) is 4.26. The van der Waals surface area contributed by atoms with E-state index in [4.69, 9.17) is 0 Å². The fourth-order valence-corrected chi connectivity index (χ4v) is 2.63. The van der Waals surface area contributed by atoms with Gasteiger partial charge in [-0.3, -0.25) is 0 Å². The van der Waals surface area contributed by atoms with Crippen molar-refractivity contribution in [3.05, 3.63) is 21.4 Å². The molecule has 0 saturated carbocycles. The molecule has 86 valence electrons. The predicted octanol–water partition coefficient (Wildman–Crippen LogP) is 3.89. The van der Waals surface area contributed by atoms with Crippen LogP contribution in [0.4, 0.5) is 0 Å². The van der Waals surface area contributed by atoms with Crippen LogP contribution in [-0.4, -0.2) is 6.04 Å². The van der Waals surface area contributed by atoms with Crippen LogP contribution in [0.2, 0.25) is 0 Å². The molecule has 0 bridgehead atoms. The van der Waals surface area contributed by atoms with Crippen LogP contribution in [0.5, 0.6) is 0 Å². The molecule has 0 aliphatic carbocycles. The summed E-state index contributed by atoms with van der Waals surface area (Å²) in [6.07, 6.45) is 1.25. The average Bonchev–Trinajstić information content (AvgIpc) is 2.52. The first kappa shape index (κ1) is 12.7. The number of nitrogens with one attached hydrogen (secondary N) is 1. The van der Waals surface area contributed by atoms with Crippen molar-refractivity contribution >= 4 is 11.3 Å². The van der Waals surface area contributed by atoms with E-state index in [0.29, 0.717) is 6.04 Å². The molecule has 0 saturated heterocycles. The highest BCUT2D eigenvalue weighted by molar-refractivity contribution is 7.12. The molecular formula is C13H23NS. The minimum atomic E-state index is 0.606. The van der Waals surface area contributed by atoms with Crippen molar-refractivity contribution in [2.24, 2.45) is 5.92 Å². The van der Waals surface area contributed by atoms with Crippen molar-refractivity contribution in [3.63, 3.8) is 0 Å². The van der Waals surface area contributed by atoms with Crippen LogP contribution in [0.15, 0.2) is 6.07 Å². The summed E-state index contributed by atoms with van der Waals surface area (Å²) < 4.78 is 0. The minimum absolute atomic E-state index is 0.606. The molecule has 1 aromatic rings. The van der Waals surface area contributed by atoms with Gasteiger partial charge in [-0.2, -0.15) is 0 Å². The molecule has 0 aliphatic heterocycles. The Hall–Kier alpha value is -0.340. The Kier molecular flexibility index (Phi) is 4.81. The third kappa shape index (κ3) is 3.62. The Morgan fingerprint density at radius 2 is 2.00 bits per heavy atom. The summed E-state index contributed by atoms with van der Waals surface area (Å²) in [5.41, 5.74) is 1.47. The molecule has 1 aromatic heterocycles. The van der Waals surface area contributed by atoms with Gasteiger partial charge < -0.3 is 5.32 Å². The van der Waals surface area contributed by atoms with Gasteiger partial charge in [0.2, 0.25) is 0 Å². The van der Waals surface area contributed by atoms with Crippen molar-refractivity contribution < 1.29 is 0 Å². The maximum absolute atomic E-state index is 3.61. The van der Waals surface area contributed by atoms with Crippen LogP contribution in [0.1, 0.15) is 42.5 Å². The Labute approximate surface area is 97.9 Å². The van der Waals surface area contributed by atoms with E-state index in [-0.39, 0.29) is 0 Å². The Morgan fingerprint density at radius 3 is 2.47 bits per heavy atom. The van der Waals surface area contributed by atoms with E-state index in [9.17, 15) is 0 Å². The minimum Gasteiger partial charge on any atom is -0.310 e. The largest absolute Gasteiger partial charge is 0.310 e. The number of hydrogen-bond donors (Lipinski definition) is 1. The normalized spacial score (nSPS) is 15.3. The van der Waals surface area contributed by atoms with Gasteiger partial charge in [-0.15, -0.1) is 11.3 Å². The maximum atomic E-state index is 3.61. The summed E-state index contributed by atoms with van der Waals surface area (Å²) in [5.74, 6) is 0.755. The van der Waals surface area contributed by atoms with Gasteiger partial charge in [-0.25, -0.2) is 0 Å². The molecule has 0 fully saturated rings. The Bertz CT molecular complexity index is 303. The van der Waals surface area contributed by atoms with E-state index in [0.717, 1.165) is 12.5 Å². The number of thiophene rings is 1. The second-order valence-corrected chi connectivity index (χ2v) is 5.95. The van der Waals surface area contributed by atoms with Gasteiger partial charge in [0.25, 0.3) is 0 Å². The lowest BCUT2D eigenvalue weighted by Crippen LogP contribution is -2.31. The van der Waals surface area contributed by atoms with E-state index < -0.39 is 0 Å². The van der Waals surface area contributed by atoms with Crippen molar-refractivity contribution in [2.75, 3.05) is 0 Å². The zero-order valence-electron chi connectivity index (χ0n) is 10.6. The fourth-order valence-electron chi connectivity index (χ4n) is 1.68. The quantitative estimate of drug-likeness (QED) is 0.801. The molecule has 1 nitrogen and oxygen atoms in total. The van der Waals surface area contributed by atoms with Gasteiger partial charge in [0, 0.05) is 22.3 Å². The molecule has 0 radical (unpaired) electrons. The van der Waals surface area contributed by atoms with E-state index in [1.807, 2.05) is 11.3 Å². The van der Waals surface area contributed by atoms with E-state index in [2.05, 4.69) is 46.0 Å². The molecule has 1 rings (SSSR count). The van der Waals surface area contributed by atoms with E-state index in [1.165, 1.54) is 21.7 Å². The molecule has 0 aromatic carbocycles. The number of aryl methyl sites for hydroxylation is 2. The number of rotatable bonds is 5. The summed E-state index contributed by atoms with van der Waals surface area (Å²) in [6.45, 7) is 12.2. The molecule has 0 aliphatic rings. The van der Waals surface area contributed by atoms with Gasteiger partial charge in [0.1, 0.15) is 0 Å². The van der Waals surface area contributed by atoms with E-state index in [1.54, 1.807) is 0 Å². The van der Waals surface area contributed by atoms with Crippen molar-refractivity contribution in [1.29, 1.82) is 0 Å². The Balaban J connectivity index is 2.46. The summed E-state index contributed by atoms with van der Waals surface area (Å²) in [6, 6.07) is 2.91. The molecule has 1 heterocycles. The lowest BCUT2D eigenvalue weighted by atomic mass is 10.0.